The summed E-state index contributed by atoms with van der Waals surface area (Å²) in [5, 5.41) is 3.56. The van der Waals surface area contributed by atoms with Crippen LogP contribution in [0, 0.1) is 0 Å². The Bertz CT molecular complexity index is 644. The van der Waals surface area contributed by atoms with Gasteiger partial charge in [-0.1, -0.05) is 118 Å². The predicted molar refractivity (Wildman–Crippen MR) is 130 cm³/mol. The Hall–Kier alpha value is -1.16. The van der Waals surface area contributed by atoms with Crippen molar-refractivity contribution in [3.05, 3.63) is 34.9 Å². The summed E-state index contributed by atoms with van der Waals surface area (Å²) in [6.45, 7) is 0. The zero-order valence-corrected chi connectivity index (χ0v) is 20.2. The van der Waals surface area contributed by atoms with Gasteiger partial charge in [-0.25, -0.2) is 0 Å². The molecule has 2 rings (SSSR count). The number of alkyl halides is 1. The minimum Gasteiger partial charge on any atom is -0.288 e. The maximum atomic E-state index is 11.9. The Labute approximate surface area is 191 Å². The van der Waals surface area contributed by atoms with Crippen molar-refractivity contribution < 1.29 is 9.59 Å². The van der Waals surface area contributed by atoms with E-state index in [-0.39, 0.29) is 11.8 Å². The first-order valence-corrected chi connectivity index (χ1v) is 13.4. The van der Waals surface area contributed by atoms with E-state index >= 15 is 0 Å². The standard InChI is InChI=1S/C26H40BrNO2/c27-21-16-14-12-10-8-6-4-2-1-3-5-7-9-11-13-15-18-22-19-17-20-23-24(22)26(30)28-25(23)29/h17,19-20H,1-16,18,21H2,(H,28,29,30). The lowest BCUT2D eigenvalue weighted by Crippen LogP contribution is -2.20. The molecule has 0 aliphatic carbocycles. The molecule has 168 valence electrons. The van der Waals surface area contributed by atoms with Crippen molar-refractivity contribution in [1.82, 2.24) is 5.32 Å². The summed E-state index contributed by atoms with van der Waals surface area (Å²) in [6, 6.07) is 5.62. The molecule has 1 heterocycles. The first-order chi connectivity index (χ1) is 14.7. The Morgan fingerprint density at radius 2 is 1.07 bits per heavy atom. The van der Waals surface area contributed by atoms with Crippen LogP contribution in [0.3, 0.4) is 0 Å². The van der Waals surface area contributed by atoms with E-state index in [2.05, 4.69) is 21.2 Å². The van der Waals surface area contributed by atoms with Gasteiger partial charge in [-0.05, 0) is 30.9 Å². The van der Waals surface area contributed by atoms with Gasteiger partial charge < -0.3 is 0 Å². The van der Waals surface area contributed by atoms with Gasteiger partial charge in [0.15, 0.2) is 0 Å². The predicted octanol–water partition coefficient (Wildman–Crippen LogP) is 7.75. The van der Waals surface area contributed by atoms with Crippen LogP contribution in [-0.2, 0) is 6.42 Å². The number of imide groups is 1. The maximum Gasteiger partial charge on any atom is 0.259 e. The van der Waals surface area contributed by atoms with E-state index in [4.69, 9.17) is 0 Å². The molecule has 1 aromatic rings. The molecule has 30 heavy (non-hydrogen) atoms. The molecule has 1 N–H and O–H groups in total. The number of aryl methyl sites for hydroxylation is 1. The van der Waals surface area contributed by atoms with Crippen molar-refractivity contribution in [2.24, 2.45) is 0 Å². The summed E-state index contributed by atoms with van der Waals surface area (Å²) in [6.07, 6.45) is 22.5. The second-order valence-corrected chi connectivity index (χ2v) is 9.51. The van der Waals surface area contributed by atoms with Crippen LogP contribution in [0.2, 0.25) is 0 Å². The second-order valence-electron chi connectivity index (χ2n) is 8.72. The minimum atomic E-state index is -0.252. The van der Waals surface area contributed by atoms with Gasteiger partial charge in [-0.15, -0.1) is 0 Å². The van der Waals surface area contributed by atoms with Crippen LogP contribution < -0.4 is 5.32 Å². The van der Waals surface area contributed by atoms with Crippen LogP contribution in [0.25, 0.3) is 0 Å². The molecule has 0 unspecified atom stereocenters. The number of benzene rings is 1. The molecule has 2 amide bonds. The molecule has 0 radical (unpaired) electrons. The van der Waals surface area contributed by atoms with Gasteiger partial charge in [-0.3, -0.25) is 14.9 Å². The molecule has 1 aliphatic heterocycles. The largest absolute Gasteiger partial charge is 0.288 e. The van der Waals surface area contributed by atoms with Crippen molar-refractivity contribution in [1.29, 1.82) is 0 Å². The summed E-state index contributed by atoms with van der Waals surface area (Å²) in [5.41, 5.74) is 2.18. The molecule has 0 fully saturated rings. The summed E-state index contributed by atoms with van der Waals surface area (Å²) in [5.74, 6) is -0.478. The number of unbranched alkanes of at least 4 members (excludes halogenated alkanes) is 15. The number of carbonyl (C=O) groups excluding carboxylic acids is 2. The highest BCUT2D eigenvalue weighted by Crippen LogP contribution is 2.22. The molecule has 0 bridgehead atoms. The Morgan fingerprint density at radius 1 is 0.600 bits per heavy atom. The number of hydrogen-bond donors (Lipinski definition) is 1. The highest BCUT2D eigenvalue weighted by atomic mass is 79.9. The van der Waals surface area contributed by atoms with Gasteiger partial charge >= 0.3 is 0 Å². The van der Waals surface area contributed by atoms with Crippen molar-refractivity contribution >= 4 is 27.7 Å². The molecular formula is C26H40BrNO2. The van der Waals surface area contributed by atoms with E-state index in [0.717, 1.165) is 23.7 Å². The molecule has 3 nitrogen and oxygen atoms in total. The third-order valence-electron chi connectivity index (χ3n) is 6.18. The molecular weight excluding hydrogens is 438 g/mol. The second kappa shape index (κ2) is 15.6. The smallest absolute Gasteiger partial charge is 0.259 e. The van der Waals surface area contributed by atoms with E-state index in [1.165, 1.54) is 96.3 Å². The molecule has 0 aromatic heterocycles. The van der Waals surface area contributed by atoms with Crippen molar-refractivity contribution in [3.8, 4) is 0 Å². The molecule has 0 saturated carbocycles. The number of nitrogens with one attached hydrogen (secondary N) is 1. The summed E-state index contributed by atoms with van der Waals surface area (Å²) < 4.78 is 0. The van der Waals surface area contributed by atoms with Crippen LogP contribution in [0.5, 0.6) is 0 Å². The van der Waals surface area contributed by atoms with E-state index in [9.17, 15) is 9.59 Å². The topological polar surface area (TPSA) is 46.2 Å². The number of carbonyl (C=O) groups is 2. The molecule has 0 spiro atoms. The van der Waals surface area contributed by atoms with Gasteiger partial charge in [0.25, 0.3) is 11.8 Å². The lowest BCUT2D eigenvalue weighted by molar-refractivity contribution is 0.0879. The first-order valence-electron chi connectivity index (χ1n) is 12.3. The van der Waals surface area contributed by atoms with E-state index < -0.39 is 0 Å². The van der Waals surface area contributed by atoms with Gasteiger partial charge in [0.1, 0.15) is 0 Å². The fourth-order valence-electron chi connectivity index (χ4n) is 4.38. The van der Waals surface area contributed by atoms with Gasteiger partial charge in [0.2, 0.25) is 0 Å². The molecule has 0 atom stereocenters. The lowest BCUT2D eigenvalue weighted by Gasteiger charge is -2.06. The number of hydrogen-bond acceptors (Lipinski definition) is 2. The summed E-state index contributed by atoms with van der Waals surface area (Å²) in [4.78, 5) is 23.7. The normalized spacial score (nSPS) is 13.0. The molecule has 1 aromatic carbocycles. The van der Waals surface area contributed by atoms with E-state index in [1.807, 2.05) is 12.1 Å². The zero-order valence-electron chi connectivity index (χ0n) is 18.7. The van der Waals surface area contributed by atoms with Crippen LogP contribution in [0.15, 0.2) is 18.2 Å². The van der Waals surface area contributed by atoms with Crippen molar-refractivity contribution in [3.63, 3.8) is 0 Å². The van der Waals surface area contributed by atoms with Crippen LogP contribution in [0.4, 0.5) is 0 Å². The minimum absolute atomic E-state index is 0.226. The molecule has 0 saturated heterocycles. The Kier molecular flexibility index (Phi) is 13.1. The first kappa shape index (κ1) is 25.1. The quantitative estimate of drug-likeness (QED) is 0.133. The Morgan fingerprint density at radius 3 is 1.57 bits per heavy atom. The maximum absolute atomic E-state index is 11.9. The van der Waals surface area contributed by atoms with Crippen molar-refractivity contribution in [2.45, 2.75) is 109 Å². The van der Waals surface area contributed by atoms with Crippen molar-refractivity contribution in [2.75, 3.05) is 5.33 Å². The average Bonchev–Trinajstić information content (AvgIpc) is 3.04. The van der Waals surface area contributed by atoms with Gasteiger partial charge in [0.05, 0.1) is 11.1 Å². The summed E-state index contributed by atoms with van der Waals surface area (Å²) >= 11 is 3.49. The van der Waals surface area contributed by atoms with Gasteiger partial charge in [-0.2, -0.15) is 0 Å². The fraction of sp³-hybridized carbons (Fsp3) is 0.692. The van der Waals surface area contributed by atoms with Crippen LogP contribution in [-0.4, -0.2) is 17.1 Å². The third kappa shape index (κ3) is 9.32. The average molecular weight is 479 g/mol. The monoisotopic (exact) mass is 477 g/mol. The third-order valence-corrected chi connectivity index (χ3v) is 6.74. The van der Waals surface area contributed by atoms with E-state index in [0.29, 0.717) is 11.1 Å². The lowest BCUT2D eigenvalue weighted by atomic mass is 9.97. The van der Waals surface area contributed by atoms with E-state index in [1.54, 1.807) is 6.07 Å². The Balaban J connectivity index is 1.38. The number of amides is 2. The highest BCUT2D eigenvalue weighted by Gasteiger charge is 2.28. The zero-order chi connectivity index (χ0) is 21.4. The number of rotatable bonds is 18. The number of halogens is 1. The highest BCUT2D eigenvalue weighted by molar-refractivity contribution is 9.09. The SMILES string of the molecule is O=C1NC(=O)c2c(CCCCCCCCCCCCCCCCCCBr)cccc21. The molecule has 1 aliphatic rings. The fourth-order valence-corrected chi connectivity index (χ4v) is 4.78. The van der Waals surface area contributed by atoms with Gasteiger partial charge in [0, 0.05) is 5.33 Å². The van der Waals surface area contributed by atoms with Crippen LogP contribution >= 0.6 is 15.9 Å². The molecule has 4 heteroatoms. The van der Waals surface area contributed by atoms with Crippen LogP contribution in [0.1, 0.15) is 129 Å². The summed E-state index contributed by atoms with van der Waals surface area (Å²) in [7, 11) is 0. The number of fused-ring (bicyclic) bond motifs is 1.